The number of nitrogens with zero attached hydrogens (tertiary/aromatic N) is 1. The summed E-state index contributed by atoms with van der Waals surface area (Å²) in [5.41, 5.74) is 0.894. The van der Waals surface area contributed by atoms with Gasteiger partial charge in [-0.3, -0.25) is 9.59 Å². The first kappa shape index (κ1) is 26.9. The Labute approximate surface area is 211 Å². The van der Waals surface area contributed by atoms with Crippen molar-refractivity contribution in [2.45, 2.75) is 32.4 Å². The van der Waals surface area contributed by atoms with Crippen molar-refractivity contribution in [3.63, 3.8) is 0 Å². The van der Waals surface area contributed by atoms with Crippen LogP contribution in [0.15, 0.2) is 42.0 Å². The minimum atomic E-state index is -0.836. The molecule has 1 N–H and O–H groups in total. The number of hydrogen-bond donors (Lipinski definition) is 1. The standard InChI is InChI=1S/C27H33NO8/c1-16(2)36-20-11-8-17(14-22(20)35-6)24-23(26(30)27(31)28(24)12-7-13-32-3)25(29)18-9-10-19(33-4)21(15-18)34-5/h8-11,14-16,24,29H,7,12-13H2,1-6H3/b25-23-. The van der Waals surface area contributed by atoms with Crippen LogP contribution in [0.1, 0.15) is 37.4 Å². The number of rotatable bonds is 11. The molecule has 36 heavy (non-hydrogen) atoms. The maximum Gasteiger partial charge on any atom is 0.295 e. The van der Waals surface area contributed by atoms with Gasteiger partial charge < -0.3 is 33.7 Å². The molecular formula is C27H33NO8. The van der Waals surface area contributed by atoms with Crippen LogP contribution in [0.2, 0.25) is 0 Å². The molecule has 1 fully saturated rings. The van der Waals surface area contributed by atoms with Crippen LogP contribution >= 0.6 is 0 Å². The van der Waals surface area contributed by atoms with Gasteiger partial charge in [-0.15, -0.1) is 0 Å². The first-order valence-electron chi connectivity index (χ1n) is 11.6. The Morgan fingerprint density at radius 2 is 1.56 bits per heavy atom. The molecule has 9 heteroatoms. The van der Waals surface area contributed by atoms with Crippen molar-refractivity contribution in [3.8, 4) is 23.0 Å². The summed E-state index contributed by atoms with van der Waals surface area (Å²) in [6.07, 6.45) is 0.441. The third kappa shape index (κ3) is 5.41. The van der Waals surface area contributed by atoms with Gasteiger partial charge in [-0.2, -0.15) is 0 Å². The Morgan fingerprint density at radius 3 is 2.17 bits per heavy atom. The number of hydrogen-bond acceptors (Lipinski definition) is 8. The number of aliphatic hydroxyl groups excluding tert-OH is 1. The highest BCUT2D eigenvalue weighted by Crippen LogP contribution is 2.43. The van der Waals surface area contributed by atoms with Gasteiger partial charge in [-0.1, -0.05) is 6.07 Å². The summed E-state index contributed by atoms with van der Waals surface area (Å²) in [5.74, 6) is 0.0587. The fourth-order valence-electron chi connectivity index (χ4n) is 4.18. The number of aliphatic hydroxyl groups is 1. The molecule has 0 saturated carbocycles. The van der Waals surface area contributed by atoms with E-state index in [2.05, 4.69) is 0 Å². The van der Waals surface area contributed by atoms with Crippen LogP contribution in [0, 0.1) is 0 Å². The lowest BCUT2D eigenvalue weighted by molar-refractivity contribution is -0.140. The second-order valence-corrected chi connectivity index (χ2v) is 8.49. The molecule has 1 amide bonds. The van der Waals surface area contributed by atoms with Crippen LogP contribution in [0.25, 0.3) is 5.76 Å². The van der Waals surface area contributed by atoms with Gasteiger partial charge >= 0.3 is 0 Å². The highest BCUT2D eigenvalue weighted by Gasteiger charge is 2.46. The van der Waals surface area contributed by atoms with Crippen LogP contribution in [-0.2, 0) is 14.3 Å². The predicted octanol–water partition coefficient (Wildman–Crippen LogP) is 3.96. The molecule has 1 atom stereocenters. The van der Waals surface area contributed by atoms with Crippen LogP contribution in [0.3, 0.4) is 0 Å². The van der Waals surface area contributed by atoms with E-state index in [1.165, 1.54) is 26.2 Å². The van der Waals surface area contributed by atoms with Crippen molar-refractivity contribution in [2.75, 3.05) is 41.6 Å². The minimum absolute atomic E-state index is 0.0239. The summed E-state index contributed by atoms with van der Waals surface area (Å²) in [4.78, 5) is 27.8. The highest BCUT2D eigenvalue weighted by molar-refractivity contribution is 6.46. The maximum atomic E-state index is 13.2. The molecule has 2 aromatic carbocycles. The average molecular weight is 500 g/mol. The molecule has 1 saturated heterocycles. The molecule has 0 spiro atoms. The molecule has 1 heterocycles. The van der Waals surface area contributed by atoms with Gasteiger partial charge in [0.2, 0.25) is 0 Å². The molecule has 0 bridgehead atoms. The van der Waals surface area contributed by atoms with Gasteiger partial charge in [0.25, 0.3) is 11.7 Å². The Bertz CT molecular complexity index is 1140. The third-order valence-electron chi connectivity index (χ3n) is 5.81. The van der Waals surface area contributed by atoms with Crippen molar-refractivity contribution in [3.05, 3.63) is 53.1 Å². The fourth-order valence-corrected chi connectivity index (χ4v) is 4.18. The molecular weight excluding hydrogens is 466 g/mol. The van der Waals surface area contributed by atoms with Gasteiger partial charge in [0.15, 0.2) is 23.0 Å². The van der Waals surface area contributed by atoms with Crippen molar-refractivity contribution >= 4 is 17.4 Å². The van der Waals surface area contributed by atoms with Gasteiger partial charge in [-0.25, -0.2) is 0 Å². The summed E-state index contributed by atoms with van der Waals surface area (Å²) in [6.45, 7) is 4.48. The fraction of sp³-hybridized carbons (Fsp3) is 0.407. The number of benzene rings is 2. The summed E-state index contributed by atoms with van der Waals surface area (Å²) in [5, 5.41) is 11.3. The van der Waals surface area contributed by atoms with Gasteiger partial charge in [0, 0.05) is 25.8 Å². The third-order valence-corrected chi connectivity index (χ3v) is 5.81. The zero-order valence-electron chi connectivity index (χ0n) is 21.5. The number of amides is 1. The molecule has 194 valence electrons. The molecule has 1 aliphatic rings. The minimum Gasteiger partial charge on any atom is -0.507 e. The lowest BCUT2D eigenvalue weighted by Gasteiger charge is -2.26. The zero-order valence-corrected chi connectivity index (χ0v) is 21.5. The largest absolute Gasteiger partial charge is 0.507 e. The second-order valence-electron chi connectivity index (χ2n) is 8.49. The van der Waals surface area contributed by atoms with Crippen LogP contribution < -0.4 is 18.9 Å². The van der Waals surface area contributed by atoms with Gasteiger partial charge in [0.1, 0.15) is 5.76 Å². The van der Waals surface area contributed by atoms with Crippen molar-refractivity contribution in [1.82, 2.24) is 4.90 Å². The van der Waals surface area contributed by atoms with Crippen molar-refractivity contribution in [2.24, 2.45) is 0 Å². The topological polar surface area (TPSA) is 104 Å². The average Bonchev–Trinajstić information content (AvgIpc) is 3.12. The lowest BCUT2D eigenvalue weighted by atomic mass is 9.94. The Morgan fingerprint density at radius 1 is 0.917 bits per heavy atom. The molecule has 1 aliphatic heterocycles. The molecule has 0 aromatic heterocycles. The molecule has 0 aliphatic carbocycles. The predicted molar refractivity (Wildman–Crippen MR) is 134 cm³/mol. The van der Waals surface area contributed by atoms with Crippen LogP contribution in [-0.4, -0.2) is 69.4 Å². The Balaban J connectivity index is 2.17. The van der Waals surface area contributed by atoms with E-state index in [-0.39, 0.29) is 24.0 Å². The van der Waals surface area contributed by atoms with E-state index in [0.29, 0.717) is 47.2 Å². The quantitative estimate of drug-likeness (QED) is 0.215. The summed E-state index contributed by atoms with van der Waals surface area (Å²) in [6, 6.07) is 9.17. The maximum absolute atomic E-state index is 13.2. The van der Waals surface area contributed by atoms with E-state index in [1.807, 2.05) is 13.8 Å². The number of carbonyl (C=O) groups is 2. The smallest absolute Gasteiger partial charge is 0.295 e. The second kappa shape index (κ2) is 11.8. The zero-order chi connectivity index (χ0) is 26.4. The summed E-state index contributed by atoms with van der Waals surface area (Å²) < 4.78 is 27.1. The highest BCUT2D eigenvalue weighted by atomic mass is 16.5. The number of Topliss-reactive ketones (excluding diaryl/α,β-unsaturated/α-hetero) is 1. The molecule has 1 unspecified atom stereocenters. The summed E-state index contributed by atoms with van der Waals surface area (Å²) in [7, 11) is 6.07. The number of ether oxygens (including phenoxy) is 5. The van der Waals surface area contributed by atoms with E-state index >= 15 is 0 Å². The monoisotopic (exact) mass is 499 g/mol. The first-order chi connectivity index (χ1) is 17.3. The number of ketones is 1. The molecule has 0 radical (unpaired) electrons. The van der Waals surface area contributed by atoms with E-state index in [1.54, 1.807) is 43.5 Å². The van der Waals surface area contributed by atoms with E-state index in [9.17, 15) is 14.7 Å². The number of likely N-dealkylation sites (tertiary alicyclic amines) is 1. The molecule has 3 rings (SSSR count). The lowest BCUT2D eigenvalue weighted by Crippen LogP contribution is -2.31. The number of carbonyl (C=O) groups excluding carboxylic acids is 2. The first-order valence-corrected chi connectivity index (χ1v) is 11.6. The van der Waals surface area contributed by atoms with Crippen LogP contribution in [0.4, 0.5) is 0 Å². The van der Waals surface area contributed by atoms with Gasteiger partial charge in [0.05, 0.1) is 39.0 Å². The van der Waals surface area contributed by atoms with Crippen molar-refractivity contribution < 1.29 is 38.4 Å². The normalized spacial score (nSPS) is 17.0. The van der Waals surface area contributed by atoms with E-state index in [0.717, 1.165) is 0 Å². The number of methoxy groups -OCH3 is 4. The Hall–Kier alpha value is -3.72. The van der Waals surface area contributed by atoms with E-state index in [4.69, 9.17) is 23.7 Å². The van der Waals surface area contributed by atoms with Crippen LogP contribution in [0.5, 0.6) is 23.0 Å². The van der Waals surface area contributed by atoms with E-state index < -0.39 is 17.7 Å². The van der Waals surface area contributed by atoms with Gasteiger partial charge in [-0.05, 0) is 56.2 Å². The summed E-state index contributed by atoms with van der Waals surface area (Å²) >= 11 is 0. The Kier molecular flexibility index (Phi) is 8.82. The SMILES string of the molecule is COCCCN1C(=O)C(=O)/C(=C(\O)c2ccc(OC)c(OC)c2)C1c1ccc(OC(C)C)c(OC)c1. The van der Waals surface area contributed by atoms with Crippen molar-refractivity contribution in [1.29, 1.82) is 0 Å². The molecule has 2 aromatic rings. The molecule has 9 nitrogen and oxygen atoms in total.